The van der Waals surface area contributed by atoms with Crippen LogP contribution in [0.5, 0.6) is 11.5 Å². The maximum absolute atomic E-state index is 9.70. The third-order valence-corrected chi connectivity index (χ3v) is 2.81. The van der Waals surface area contributed by atoms with Gasteiger partial charge in [-0.25, -0.2) is 0 Å². The van der Waals surface area contributed by atoms with Crippen molar-refractivity contribution in [1.29, 1.82) is 0 Å². The van der Waals surface area contributed by atoms with Crippen LogP contribution in [0.2, 0.25) is 0 Å². The van der Waals surface area contributed by atoms with Crippen molar-refractivity contribution in [1.82, 2.24) is 0 Å². The maximum atomic E-state index is 9.70. The van der Waals surface area contributed by atoms with Crippen LogP contribution in [0.4, 0.5) is 0 Å². The average molecular weight is 289 g/mol. The van der Waals surface area contributed by atoms with Crippen molar-refractivity contribution < 1.29 is 14.6 Å². The Morgan fingerprint density at radius 2 is 2.06 bits per heavy atom. The molecule has 0 aliphatic carbocycles. The standard InChI is InChI=1S/C12H17BrO3/c1-3-5-16-11-7-9(8-15-4-2)6-10(14)12(11)13/h6-7,14H,3-5,8H2,1-2H3. The van der Waals surface area contributed by atoms with E-state index in [1.807, 2.05) is 19.9 Å². The Labute approximate surface area is 105 Å². The minimum absolute atomic E-state index is 0.184. The van der Waals surface area contributed by atoms with E-state index in [-0.39, 0.29) is 5.75 Å². The van der Waals surface area contributed by atoms with E-state index in [0.717, 1.165) is 12.0 Å². The zero-order valence-corrected chi connectivity index (χ0v) is 11.2. The summed E-state index contributed by atoms with van der Waals surface area (Å²) >= 11 is 3.30. The fourth-order valence-electron chi connectivity index (χ4n) is 1.26. The van der Waals surface area contributed by atoms with Crippen LogP contribution in [0.15, 0.2) is 16.6 Å². The van der Waals surface area contributed by atoms with Gasteiger partial charge in [0.15, 0.2) is 0 Å². The molecule has 3 nitrogen and oxygen atoms in total. The SMILES string of the molecule is CCCOc1cc(COCC)cc(O)c1Br. The molecule has 0 unspecified atom stereocenters. The second kappa shape index (κ2) is 6.76. The fraction of sp³-hybridized carbons (Fsp3) is 0.500. The summed E-state index contributed by atoms with van der Waals surface area (Å²) in [5, 5.41) is 9.70. The number of hydrogen-bond donors (Lipinski definition) is 1. The van der Waals surface area contributed by atoms with Gasteiger partial charge in [-0.15, -0.1) is 0 Å². The first-order valence-electron chi connectivity index (χ1n) is 5.41. The molecule has 0 spiro atoms. The Kier molecular flexibility index (Phi) is 5.63. The number of aromatic hydroxyl groups is 1. The van der Waals surface area contributed by atoms with Gasteiger partial charge in [-0.05, 0) is 47.0 Å². The number of ether oxygens (including phenoxy) is 2. The molecule has 4 heteroatoms. The normalized spacial score (nSPS) is 10.4. The monoisotopic (exact) mass is 288 g/mol. The van der Waals surface area contributed by atoms with Gasteiger partial charge in [0.05, 0.1) is 13.2 Å². The summed E-state index contributed by atoms with van der Waals surface area (Å²) in [5.41, 5.74) is 0.911. The summed E-state index contributed by atoms with van der Waals surface area (Å²) in [4.78, 5) is 0. The zero-order chi connectivity index (χ0) is 12.0. The minimum atomic E-state index is 0.184. The second-order valence-electron chi connectivity index (χ2n) is 3.41. The molecule has 0 bridgehead atoms. The van der Waals surface area contributed by atoms with E-state index in [9.17, 15) is 5.11 Å². The zero-order valence-electron chi connectivity index (χ0n) is 9.62. The summed E-state index contributed by atoms with van der Waals surface area (Å²) in [6.07, 6.45) is 0.933. The van der Waals surface area contributed by atoms with Crippen molar-refractivity contribution in [2.75, 3.05) is 13.2 Å². The molecule has 0 saturated carbocycles. The van der Waals surface area contributed by atoms with Crippen molar-refractivity contribution in [3.63, 3.8) is 0 Å². The summed E-state index contributed by atoms with van der Waals surface area (Å²) in [6.45, 7) is 5.75. The lowest BCUT2D eigenvalue weighted by molar-refractivity contribution is 0.133. The van der Waals surface area contributed by atoms with Gasteiger partial charge in [-0.1, -0.05) is 6.92 Å². The topological polar surface area (TPSA) is 38.7 Å². The van der Waals surface area contributed by atoms with Crippen LogP contribution < -0.4 is 4.74 Å². The van der Waals surface area contributed by atoms with Gasteiger partial charge in [-0.3, -0.25) is 0 Å². The Balaban J connectivity index is 2.83. The molecule has 90 valence electrons. The van der Waals surface area contributed by atoms with Gasteiger partial charge < -0.3 is 14.6 Å². The van der Waals surface area contributed by atoms with Crippen LogP contribution >= 0.6 is 15.9 Å². The molecule has 0 aliphatic heterocycles. The third-order valence-electron chi connectivity index (χ3n) is 2.01. The number of rotatable bonds is 6. The Morgan fingerprint density at radius 1 is 1.31 bits per heavy atom. The molecule has 0 fully saturated rings. The summed E-state index contributed by atoms with van der Waals surface area (Å²) < 4.78 is 11.4. The van der Waals surface area contributed by atoms with Gasteiger partial charge in [0.25, 0.3) is 0 Å². The van der Waals surface area contributed by atoms with Crippen molar-refractivity contribution in [2.24, 2.45) is 0 Å². The quantitative estimate of drug-likeness (QED) is 0.871. The molecule has 1 aromatic carbocycles. The molecule has 1 aromatic rings. The summed E-state index contributed by atoms with van der Waals surface area (Å²) in [5.74, 6) is 0.847. The van der Waals surface area contributed by atoms with Crippen molar-refractivity contribution in [3.8, 4) is 11.5 Å². The maximum Gasteiger partial charge on any atom is 0.137 e. The van der Waals surface area contributed by atoms with Crippen LogP contribution in [-0.4, -0.2) is 18.3 Å². The summed E-state index contributed by atoms with van der Waals surface area (Å²) in [7, 11) is 0. The first kappa shape index (κ1) is 13.3. The fourth-order valence-corrected chi connectivity index (χ4v) is 1.60. The molecule has 0 radical (unpaired) electrons. The molecule has 1 rings (SSSR count). The van der Waals surface area contributed by atoms with Gasteiger partial charge in [0.1, 0.15) is 16.0 Å². The molecule has 0 amide bonds. The van der Waals surface area contributed by atoms with Gasteiger partial charge in [0.2, 0.25) is 0 Å². The highest BCUT2D eigenvalue weighted by Crippen LogP contribution is 2.35. The van der Waals surface area contributed by atoms with E-state index in [0.29, 0.717) is 30.0 Å². The van der Waals surface area contributed by atoms with Crippen LogP contribution in [0.3, 0.4) is 0 Å². The van der Waals surface area contributed by atoms with E-state index in [1.165, 1.54) is 0 Å². The predicted molar refractivity (Wildman–Crippen MR) is 66.9 cm³/mol. The number of phenolic OH excluding ortho intramolecular Hbond substituents is 1. The minimum Gasteiger partial charge on any atom is -0.507 e. The van der Waals surface area contributed by atoms with Crippen molar-refractivity contribution in [2.45, 2.75) is 26.9 Å². The predicted octanol–water partition coefficient (Wildman–Crippen LogP) is 3.48. The lowest BCUT2D eigenvalue weighted by atomic mass is 10.2. The molecule has 0 aromatic heterocycles. The highest BCUT2D eigenvalue weighted by atomic mass is 79.9. The molecule has 0 heterocycles. The second-order valence-corrected chi connectivity index (χ2v) is 4.21. The van der Waals surface area contributed by atoms with E-state index in [2.05, 4.69) is 15.9 Å². The van der Waals surface area contributed by atoms with Crippen LogP contribution in [0.25, 0.3) is 0 Å². The van der Waals surface area contributed by atoms with Crippen LogP contribution in [-0.2, 0) is 11.3 Å². The number of benzene rings is 1. The van der Waals surface area contributed by atoms with E-state index >= 15 is 0 Å². The lowest BCUT2D eigenvalue weighted by Gasteiger charge is -2.11. The van der Waals surface area contributed by atoms with Gasteiger partial charge in [-0.2, -0.15) is 0 Å². The smallest absolute Gasteiger partial charge is 0.137 e. The van der Waals surface area contributed by atoms with Gasteiger partial charge >= 0.3 is 0 Å². The highest BCUT2D eigenvalue weighted by molar-refractivity contribution is 9.10. The first-order chi connectivity index (χ1) is 7.69. The molecule has 0 atom stereocenters. The van der Waals surface area contributed by atoms with Crippen molar-refractivity contribution >= 4 is 15.9 Å². The summed E-state index contributed by atoms with van der Waals surface area (Å²) in [6, 6.07) is 3.56. The largest absolute Gasteiger partial charge is 0.507 e. The Hall–Kier alpha value is -0.740. The average Bonchev–Trinajstić information content (AvgIpc) is 2.28. The van der Waals surface area contributed by atoms with E-state index in [4.69, 9.17) is 9.47 Å². The van der Waals surface area contributed by atoms with Gasteiger partial charge in [0, 0.05) is 6.61 Å². The van der Waals surface area contributed by atoms with E-state index in [1.54, 1.807) is 6.07 Å². The first-order valence-corrected chi connectivity index (χ1v) is 6.20. The molecule has 0 aliphatic rings. The van der Waals surface area contributed by atoms with Crippen LogP contribution in [0, 0.1) is 0 Å². The molecule has 0 saturated heterocycles. The Morgan fingerprint density at radius 3 is 2.69 bits per heavy atom. The lowest BCUT2D eigenvalue weighted by Crippen LogP contribution is -1.98. The Bertz CT molecular complexity index is 339. The van der Waals surface area contributed by atoms with Crippen molar-refractivity contribution in [3.05, 3.63) is 22.2 Å². The molecular formula is C12H17BrO3. The number of phenols is 1. The number of hydrogen-bond acceptors (Lipinski definition) is 3. The van der Waals surface area contributed by atoms with Crippen LogP contribution in [0.1, 0.15) is 25.8 Å². The highest BCUT2D eigenvalue weighted by Gasteiger charge is 2.09. The molecule has 16 heavy (non-hydrogen) atoms. The third kappa shape index (κ3) is 3.68. The number of halogens is 1. The molecular weight excluding hydrogens is 272 g/mol. The van der Waals surface area contributed by atoms with E-state index < -0.39 is 0 Å². The molecule has 1 N–H and O–H groups in total.